The molecule has 0 saturated heterocycles. The number of anilines is 1. The lowest BCUT2D eigenvalue weighted by molar-refractivity contribution is -0.141. The van der Waals surface area contributed by atoms with Gasteiger partial charge in [0.2, 0.25) is 0 Å². The van der Waals surface area contributed by atoms with E-state index < -0.39 is 18.5 Å². The van der Waals surface area contributed by atoms with Crippen LogP contribution in [0.5, 0.6) is 0 Å². The van der Waals surface area contributed by atoms with E-state index in [2.05, 4.69) is 5.32 Å². The number of thiophene rings is 2. The molecular formula is C21H17NO4S2. The van der Waals surface area contributed by atoms with Gasteiger partial charge in [0.1, 0.15) is 0 Å². The first-order chi connectivity index (χ1) is 13.5. The van der Waals surface area contributed by atoms with E-state index in [9.17, 15) is 14.4 Å². The average Bonchev–Trinajstić information content (AvgIpc) is 3.38. The maximum Gasteiger partial charge on any atom is 0.340 e. The van der Waals surface area contributed by atoms with Gasteiger partial charge in [-0.15, -0.1) is 22.7 Å². The predicted molar refractivity (Wildman–Crippen MR) is 113 cm³/mol. The van der Waals surface area contributed by atoms with Crippen LogP contribution in [0.3, 0.4) is 0 Å². The molecule has 0 atom stereocenters. The zero-order valence-electron chi connectivity index (χ0n) is 15.0. The number of nitrogens with one attached hydrogen (secondary N) is 1. The van der Waals surface area contributed by atoms with Crippen molar-refractivity contribution in [3.8, 4) is 0 Å². The first kappa shape index (κ1) is 19.7. The minimum atomic E-state index is -0.566. The van der Waals surface area contributed by atoms with E-state index in [0.29, 0.717) is 16.8 Å². The van der Waals surface area contributed by atoms with E-state index >= 15 is 0 Å². The van der Waals surface area contributed by atoms with Crippen molar-refractivity contribution in [2.24, 2.45) is 0 Å². The Labute approximate surface area is 170 Å². The Bertz CT molecular complexity index is 1000. The predicted octanol–water partition coefficient (Wildman–Crippen LogP) is 4.73. The van der Waals surface area contributed by atoms with Gasteiger partial charge in [0, 0.05) is 21.0 Å². The third-order valence-electron chi connectivity index (χ3n) is 3.72. The largest absolute Gasteiger partial charge is 0.452 e. The molecule has 0 aliphatic heterocycles. The molecule has 5 nitrogen and oxygen atoms in total. The number of esters is 1. The van der Waals surface area contributed by atoms with Gasteiger partial charge in [0.15, 0.2) is 12.4 Å². The summed E-state index contributed by atoms with van der Waals surface area (Å²) in [5.41, 5.74) is 1.37. The monoisotopic (exact) mass is 411 g/mol. The Hall–Kier alpha value is -3.03. The van der Waals surface area contributed by atoms with Gasteiger partial charge in [-0.05, 0) is 48.0 Å². The molecule has 1 amide bonds. The molecule has 0 radical (unpaired) electrons. The second kappa shape index (κ2) is 9.25. The summed E-state index contributed by atoms with van der Waals surface area (Å²) in [5, 5.41) is 6.43. The highest BCUT2D eigenvalue weighted by atomic mass is 32.1. The summed E-state index contributed by atoms with van der Waals surface area (Å²) in [6.07, 6.45) is 1.76. The Morgan fingerprint density at radius 2 is 1.82 bits per heavy atom. The van der Waals surface area contributed by atoms with Crippen LogP contribution >= 0.6 is 22.7 Å². The molecule has 0 bridgehead atoms. The quantitative estimate of drug-likeness (QED) is 0.346. The van der Waals surface area contributed by atoms with Crippen LogP contribution in [0.4, 0.5) is 5.69 Å². The molecular weight excluding hydrogens is 394 g/mol. The SMILES string of the molecule is CC(=O)c1cccc(NC(=O)COC(=O)C(=Cc2cccs2)c2cccs2)c1. The van der Waals surface area contributed by atoms with Crippen LogP contribution in [-0.2, 0) is 14.3 Å². The lowest BCUT2D eigenvalue weighted by Gasteiger charge is -2.09. The molecule has 0 unspecified atom stereocenters. The first-order valence-corrected chi connectivity index (χ1v) is 10.2. The van der Waals surface area contributed by atoms with Crippen LogP contribution in [0.25, 0.3) is 11.6 Å². The maximum atomic E-state index is 12.6. The molecule has 142 valence electrons. The van der Waals surface area contributed by atoms with Crippen LogP contribution in [0.1, 0.15) is 27.0 Å². The van der Waals surface area contributed by atoms with Gasteiger partial charge in [-0.25, -0.2) is 4.79 Å². The highest BCUT2D eigenvalue weighted by Crippen LogP contribution is 2.25. The molecule has 2 aromatic heterocycles. The highest BCUT2D eigenvalue weighted by molar-refractivity contribution is 7.12. The normalized spacial score (nSPS) is 11.1. The fourth-order valence-electron chi connectivity index (χ4n) is 2.40. The van der Waals surface area contributed by atoms with Crippen LogP contribution in [-0.4, -0.2) is 24.3 Å². The number of amides is 1. The number of carbonyl (C=O) groups excluding carboxylic acids is 3. The maximum absolute atomic E-state index is 12.6. The lowest BCUT2D eigenvalue weighted by atomic mass is 10.1. The number of Topliss-reactive ketones (excluding diaryl/α,β-unsaturated/α-hetero) is 1. The molecule has 0 fully saturated rings. The molecule has 1 aromatic carbocycles. The molecule has 7 heteroatoms. The standard InChI is InChI=1S/C21H17NO4S2/c1-14(23)15-5-2-6-16(11-15)22-20(24)13-26-21(25)18(19-8-4-10-28-19)12-17-7-3-9-27-17/h2-12H,13H2,1H3,(H,22,24). The topological polar surface area (TPSA) is 72.5 Å². The highest BCUT2D eigenvalue weighted by Gasteiger charge is 2.17. The van der Waals surface area contributed by atoms with Crippen LogP contribution < -0.4 is 5.32 Å². The number of hydrogen-bond acceptors (Lipinski definition) is 6. The molecule has 0 saturated carbocycles. The second-order valence-corrected chi connectivity index (χ2v) is 7.74. The third-order valence-corrected chi connectivity index (χ3v) is 5.45. The summed E-state index contributed by atoms with van der Waals surface area (Å²) in [4.78, 5) is 37.8. The minimum Gasteiger partial charge on any atom is -0.452 e. The number of ketones is 1. The Balaban J connectivity index is 1.65. The van der Waals surface area contributed by atoms with Gasteiger partial charge in [-0.1, -0.05) is 24.3 Å². The van der Waals surface area contributed by atoms with Gasteiger partial charge in [-0.3, -0.25) is 9.59 Å². The molecule has 28 heavy (non-hydrogen) atoms. The minimum absolute atomic E-state index is 0.0955. The molecule has 3 aromatic rings. The molecule has 0 aliphatic rings. The number of benzene rings is 1. The van der Waals surface area contributed by atoms with Crippen LogP contribution in [0.15, 0.2) is 59.3 Å². The Morgan fingerprint density at radius 1 is 1.04 bits per heavy atom. The van der Waals surface area contributed by atoms with E-state index in [1.165, 1.54) is 29.6 Å². The Kier molecular flexibility index (Phi) is 6.52. The van der Waals surface area contributed by atoms with Crippen LogP contribution in [0, 0.1) is 0 Å². The third kappa shape index (κ3) is 5.25. The molecule has 1 N–H and O–H groups in total. The van der Waals surface area contributed by atoms with Crippen molar-refractivity contribution < 1.29 is 19.1 Å². The van der Waals surface area contributed by atoms with Crippen molar-refractivity contribution in [3.63, 3.8) is 0 Å². The second-order valence-electron chi connectivity index (χ2n) is 5.81. The number of carbonyl (C=O) groups is 3. The van der Waals surface area contributed by atoms with E-state index in [1.54, 1.807) is 30.3 Å². The Morgan fingerprint density at radius 3 is 2.50 bits per heavy atom. The number of ether oxygens (including phenoxy) is 1. The first-order valence-electron chi connectivity index (χ1n) is 8.40. The fourth-order valence-corrected chi connectivity index (χ4v) is 3.79. The van der Waals surface area contributed by atoms with Crippen molar-refractivity contribution in [1.29, 1.82) is 0 Å². The van der Waals surface area contributed by atoms with E-state index in [1.807, 2.05) is 35.0 Å². The smallest absolute Gasteiger partial charge is 0.340 e. The van der Waals surface area contributed by atoms with E-state index in [0.717, 1.165) is 9.75 Å². The van der Waals surface area contributed by atoms with Crippen LogP contribution in [0.2, 0.25) is 0 Å². The van der Waals surface area contributed by atoms with Gasteiger partial charge >= 0.3 is 5.97 Å². The van der Waals surface area contributed by atoms with Crippen molar-refractivity contribution in [3.05, 3.63) is 74.6 Å². The summed E-state index contributed by atoms with van der Waals surface area (Å²) in [7, 11) is 0. The molecule has 3 rings (SSSR count). The molecule has 0 spiro atoms. The van der Waals surface area contributed by atoms with Gasteiger partial charge in [-0.2, -0.15) is 0 Å². The zero-order valence-corrected chi connectivity index (χ0v) is 16.6. The lowest BCUT2D eigenvalue weighted by Crippen LogP contribution is -2.21. The summed E-state index contributed by atoms with van der Waals surface area (Å²) >= 11 is 2.93. The molecule has 0 aliphatic carbocycles. The summed E-state index contributed by atoms with van der Waals surface area (Å²) in [6, 6.07) is 14.1. The van der Waals surface area contributed by atoms with Crippen molar-refractivity contribution in [2.45, 2.75) is 6.92 Å². The van der Waals surface area contributed by atoms with Gasteiger partial charge in [0.05, 0.1) is 5.57 Å². The van der Waals surface area contributed by atoms with E-state index in [-0.39, 0.29) is 5.78 Å². The summed E-state index contributed by atoms with van der Waals surface area (Å²) in [5.74, 6) is -1.14. The summed E-state index contributed by atoms with van der Waals surface area (Å²) in [6.45, 7) is 1.03. The number of rotatable bonds is 7. The van der Waals surface area contributed by atoms with E-state index in [4.69, 9.17) is 4.74 Å². The zero-order chi connectivity index (χ0) is 19.9. The van der Waals surface area contributed by atoms with Gasteiger partial charge in [0.25, 0.3) is 5.91 Å². The molecule has 2 heterocycles. The van der Waals surface area contributed by atoms with Crippen molar-refractivity contribution >= 4 is 57.7 Å². The van der Waals surface area contributed by atoms with Crippen molar-refractivity contribution in [2.75, 3.05) is 11.9 Å². The summed E-state index contributed by atoms with van der Waals surface area (Å²) < 4.78 is 5.21. The average molecular weight is 412 g/mol. The van der Waals surface area contributed by atoms with Crippen molar-refractivity contribution in [1.82, 2.24) is 0 Å². The van der Waals surface area contributed by atoms with Gasteiger partial charge < -0.3 is 10.1 Å². The number of hydrogen-bond donors (Lipinski definition) is 1. The fraction of sp³-hybridized carbons (Fsp3) is 0.0952.